The predicted molar refractivity (Wildman–Crippen MR) is 81.4 cm³/mol. The van der Waals surface area contributed by atoms with Crippen molar-refractivity contribution in [3.8, 4) is 6.07 Å². The van der Waals surface area contributed by atoms with Crippen molar-refractivity contribution >= 4 is 22.5 Å². The number of rotatable bonds is 3. The molecule has 2 heterocycles. The van der Waals surface area contributed by atoms with Crippen LogP contribution in [0.2, 0.25) is 0 Å². The summed E-state index contributed by atoms with van der Waals surface area (Å²) in [7, 11) is 1.79. The molecule has 0 spiro atoms. The lowest BCUT2D eigenvalue weighted by Gasteiger charge is -2.08. The molecule has 0 fully saturated rings. The van der Waals surface area contributed by atoms with E-state index in [1.54, 1.807) is 17.9 Å². The van der Waals surface area contributed by atoms with Crippen molar-refractivity contribution in [1.29, 1.82) is 5.26 Å². The van der Waals surface area contributed by atoms with Crippen LogP contribution in [0, 0.1) is 11.3 Å². The maximum absolute atomic E-state index is 9.26. The number of pyridine rings is 1. The molecule has 0 bridgehead atoms. The van der Waals surface area contributed by atoms with Gasteiger partial charge < -0.3 is 11.1 Å². The zero-order valence-electron chi connectivity index (χ0n) is 11.5. The molecule has 0 saturated carbocycles. The average Bonchev–Trinajstić information content (AvgIpc) is 2.83. The summed E-state index contributed by atoms with van der Waals surface area (Å²) in [6.07, 6.45) is 1.70. The highest BCUT2D eigenvalue weighted by atomic mass is 15.3. The quantitative estimate of drug-likeness (QED) is 0.764. The highest BCUT2D eigenvalue weighted by Crippen LogP contribution is 2.21. The molecule has 21 heavy (non-hydrogen) atoms. The second kappa shape index (κ2) is 5.13. The molecule has 3 aromatic rings. The van der Waals surface area contributed by atoms with E-state index in [-0.39, 0.29) is 0 Å². The third-order valence-electron chi connectivity index (χ3n) is 3.36. The third kappa shape index (κ3) is 2.37. The molecule has 1 aromatic carbocycles. The van der Waals surface area contributed by atoms with E-state index in [4.69, 9.17) is 5.73 Å². The zero-order chi connectivity index (χ0) is 14.8. The van der Waals surface area contributed by atoms with Gasteiger partial charge in [-0.15, -0.1) is 0 Å². The number of nitrogens with one attached hydrogen (secondary N) is 1. The molecule has 0 amide bonds. The number of aryl methyl sites for hydroxylation is 1. The maximum Gasteiger partial charge on any atom is 0.144 e. The minimum Gasteiger partial charge on any atom is -0.384 e. The smallest absolute Gasteiger partial charge is 0.144 e. The standard InChI is InChI=1S/C15H14N6/c1-21-14(17)12(9-19-21)8-18-15-11(7-16)6-10-4-2-3-5-13(10)20-15/h2-6,9H,8,17H2,1H3,(H,18,20). The minimum absolute atomic E-state index is 0.472. The van der Waals surface area contributed by atoms with Gasteiger partial charge in [0.1, 0.15) is 17.7 Å². The van der Waals surface area contributed by atoms with Crippen LogP contribution >= 0.6 is 0 Å². The van der Waals surface area contributed by atoms with Crippen LogP contribution < -0.4 is 11.1 Å². The van der Waals surface area contributed by atoms with Crippen LogP contribution in [0.25, 0.3) is 10.9 Å². The van der Waals surface area contributed by atoms with E-state index < -0.39 is 0 Å². The molecule has 0 atom stereocenters. The van der Waals surface area contributed by atoms with Gasteiger partial charge in [-0.25, -0.2) is 4.98 Å². The Morgan fingerprint density at radius 1 is 1.38 bits per heavy atom. The Bertz CT molecular complexity index is 843. The van der Waals surface area contributed by atoms with Gasteiger partial charge in [0.05, 0.1) is 17.3 Å². The predicted octanol–water partition coefficient (Wildman–Crippen LogP) is 2.03. The van der Waals surface area contributed by atoms with Crippen LogP contribution in [0.1, 0.15) is 11.1 Å². The lowest BCUT2D eigenvalue weighted by atomic mass is 10.1. The number of anilines is 2. The summed E-state index contributed by atoms with van der Waals surface area (Å²) in [5, 5.41) is 17.5. The summed E-state index contributed by atoms with van der Waals surface area (Å²) in [5.74, 6) is 1.15. The van der Waals surface area contributed by atoms with Gasteiger partial charge in [0.15, 0.2) is 0 Å². The Kier molecular flexibility index (Phi) is 3.16. The highest BCUT2D eigenvalue weighted by Gasteiger charge is 2.09. The summed E-state index contributed by atoms with van der Waals surface area (Å²) >= 11 is 0. The molecule has 3 N–H and O–H groups in total. The summed E-state index contributed by atoms with van der Waals surface area (Å²) in [6, 6.07) is 11.7. The number of para-hydroxylation sites is 1. The molecule has 0 radical (unpaired) electrons. The van der Waals surface area contributed by atoms with Gasteiger partial charge in [-0.3, -0.25) is 4.68 Å². The molecular weight excluding hydrogens is 264 g/mol. The number of benzene rings is 1. The van der Waals surface area contributed by atoms with E-state index >= 15 is 0 Å². The molecule has 0 aliphatic carbocycles. The van der Waals surface area contributed by atoms with Gasteiger partial charge in [-0.2, -0.15) is 10.4 Å². The molecule has 0 saturated heterocycles. The van der Waals surface area contributed by atoms with Crippen molar-refractivity contribution in [3.63, 3.8) is 0 Å². The number of nitriles is 1. The normalized spacial score (nSPS) is 10.5. The lowest BCUT2D eigenvalue weighted by Crippen LogP contribution is -2.06. The van der Waals surface area contributed by atoms with Gasteiger partial charge in [-0.05, 0) is 12.1 Å². The first-order valence-electron chi connectivity index (χ1n) is 6.49. The number of fused-ring (bicyclic) bond motifs is 1. The number of aromatic nitrogens is 3. The minimum atomic E-state index is 0.472. The number of nitrogens with two attached hydrogens (primary N) is 1. The van der Waals surface area contributed by atoms with Gasteiger partial charge in [0.2, 0.25) is 0 Å². The topological polar surface area (TPSA) is 92.5 Å². The van der Waals surface area contributed by atoms with E-state index in [1.165, 1.54) is 0 Å². The highest BCUT2D eigenvalue weighted by molar-refractivity contribution is 5.82. The molecule has 3 rings (SSSR count). The van der Waals surface area contributed by atoms with Gasteiger partial charge in [0.25, 0.3) is 0 Å². The fraction of sp³-hybridized carbons (Fsp3) is 0.133. The zero-order valence-corrected chi connectivity index (χ0v) is 11.5. The monoisotopic (exact) mass is 278 g/mol. The second-order valence-corrected chi connectivity index (χ2v) is 4.72. The molecule has 0 aliphatic rings. The van der Waals surface area contributed by atoms with Crippen LogP contribution in [0.3, 0.4) is 0 Å². The SMILES string of the molecule is Cn1ncc(CNc2nc3ccccc3cc2C#N)c1N. The van der Waals surface area contributed by atoms with E-state index in [0.29, 0.717) is 23.7 Å². The Morgan fingerprint density at radius 2 is 2.19 bits per heavy atom. The Balaban J connectivity index is 1.93. The number of nitrogen functional groups attached to an aromatic ring is 1. The number of nitrogens with zero attached hydrogens (tertiary/aromatic N) is 4. The average molecular weight is 278 g/mol. The van der Waals surface area contributed by atoms with Crippen molar-refractivity contribution < 1.29 is 0 Å². The van der Waals surface area contributed by atoms with E-state index in [0.717, 1.165) is 16.5 Å². The van der Waals surface area contributed by atoms with Crippen molar-refractivity contribution in [2.45, 2.75) is 6.54 Å². The fourth-order valence-corrected chi connectivity index (χ4v) is 2.14. The van der Waals surface area contributed by atoms with E-state index in [2.05, 4.69) is 21.5 Å². The van der Waals surface area contributed by atoms with Crippen molar-refractivity contribution in [2.24, 2.45) is 7.05 Å². The molecule has 0 aliphatic heterocycles. The Hall–Kier alpha value is -3.07. The summed E-state index contributed by atoms with van der Waals surface area (Å²) in [6.45, 7) is 0.472. The Labute approximate surface area is 121 Å². The van der Waals surface area contributed by atoms with Gasteiger partial charge in [-0.1, -0.05) is 18.2 Å². The van der Waals surface area contributed by atoms with Crippen LogP contribution in [-0.4, -0.2) is 14.8 Å². The maximum atomic E-state index is 9.26. The second-order valence-electron chi connectivity index (χ2n) is 4.72. The van der Waals surface area contributed by atoms with Crippen LogP contribution in [0.4, 0.5) is 11.6 Å². The molecule has 104 valence electrons. The van der Waals surface area contributed by atoms with Gasteiger partial charge in [0, 0.05) is 24.5 Å². The summed E-state index contributed by atoms with van der Waals surface area (Å²) in [5.41, 5.74) is 8.13. The molecule has 2 aromatic heterocycles. The number of hydrogen-bond donors (Lipinski definition) is 2. The van der Waals surface area contributed by atoms with Crippen molar-refractivity contribution in [2.75, 3.05) is 11.1 Å². The van der Waals surface area contributed by atoms with Gasteiger partial charge >= 0.3 is 0 Å². The van der Waals surface area contributed by atoms with Crippen LogP contribution in [0.5, 0.6) is 0 Å². The van der Waals surface area contributed by atoms with Crippen molar-refractivity contribution in [1.82, 2.24) is 14.8 Å². The van der Waals surface area contributed by atoms with E-state index in [1.807, 2.05) is 30.3 Å². The first-order valence-corrected chi connectivity index (χ1v) is 6.49. The molecular formula is C15H14N6. The Morgan fingerprint density at radius 3 is 2.90 bits per heavy atom. The molecule has 6 heteroatoms. The molecule has 6 nitrogen and oxygen atoms in total. The fourth-order valence-electron chi connectivity index (χ4n) is 2.14. The first-order chi connectivity index (χ1) is 10.2. The number of hydrogen-bond acceptors (Lipinski definition) is 5. The lowest BCUT2D eigenvalue weighted by molar-refractivity contribution is 0.778. The van der Waals surface area contributed by atoms with Crippen LogP contribution in [0.15, 0.2) is 36.5 Å². The van der Waals surface area contributed by atoms with Crippen molar-refractivity contribution in [3.05, 3.63) is 47.7 Å². The third-order valence-corrected chi connectivity index (χ3v) is 3.36. The summed E-state index contributed by atoms with van der Waals surface area (Å²) < 4.78 is 1.61. The summed E-state index contributed by atoms with van der Waals surface area (Å²) in [4.78, 5) is 4.50. The first kappa shape index (κ1) is 12.9. The van der Waals surface area contributed by atoms with Crippen LogP contribution in [-0.2, 0) is 13.6 Å². The van der Waals surface area contributed by atoms with E-state index in [9.17, 15) is 5.26 Å². The molecule has 0 unspecified atom stereocenters. The largest absolute Gasteiger partial charge is 0.384 e.